The van der Waals surface area contributed by atoms with Gasteiger partial charge in [-0.25, -0.2) is 4.98 Å². The summed E-state index contributed by atoms with van der Waals surface area (Å²) in [5.74, 6) is 0. The van der Waals surface area contributed by atoms with E-state index in [-0.39, 0.29) is 0 Å². The predicted molar refractivity (Wildman–Crippen MR) is 45.3 cm³/mol. The predicted octanol–water partition coefficient (Wildman–Crippen LogP) is 2.97. The molecule has 1 heterocycles. The van der Waals surface area contributed by atoms with E-state index in [2.05, 4.69) is 11.6 Å². The molecule has 0 saturated carbocycles. The molecule has 1 rings (SSSR count). The van der Waals surface area contributed by atoms with Gasteiger partial charge in [0.05, 0.1) is 0 Å². The van der Waals surface area contributed by atoms with Gasteiger partial charge < -0.3 is 0 Å². The van der Waals surface area contributed by atoms with Crippen molar-refractivity contribution in [2.75, 3.05) is 0 Å². The summed E-state index contributed by atoms with van der Waals surface area (Å²) in [6.45, 7) is 3.57. The van der Waals surface area contributed by atoms with Crippen LogP contribution in [-0.4, -0.2) is 4.98 Å². The minimum atomic E-state index is 0.520. The molecular weight excluding hydrogens is 166 g/mol. The summed E-state index contributed by atoms with van der Waals surface area (Å²) in [6, 6.07) is 5.49. The summed E-state index contributed by atoms with van der Waals surface area (Å²) in [7, 11) is 0. The zero-order chi connectivity index (χ0) is 7.40. The van der Waals surface area contributed by atoms with E-state index in [0.29, 0.717) is 5.15 Å². The van der Waals surface area contributed by atoms with Crippen LogP contribution < -0.4 is 0 Å². The average Bonchev–Trinajstić information content (AvgIpc) is 1.88. The molecule has 0 spiro atoms. The summed E-state index contributed by atoms with van der Waals surface area (Å²) in [6.07, 6.45) is 0. The van der Waals surface area contributed by atoms with Crippen molar-refractivity contribution in [1.29, 1.82) is 0 Å². The van der Waals surface area contributed by atoms with Crippen LogP contribution in [0.5, 0.6) is 0 Å². The molecule has 0 fully saturated rings. The third-order valence-electron chi connectivity index (χ3n) is 0.894. The molecule has 0 atom stereocenters. The number of hydrogen-bond acceptors (Lipinski definition) is 2. The molecule has 0 aliphatic carbocycles. The highest BCUT2D eigenvalue weighted by Crippen LogP contribution is 2.17. The lowest BCUT2D eigenvalue weighted by molar-refractivity contribution is 1.14. The molecular formula is C7H6ClNS. The van der Waals surface area contributed by atoms with Crippen LogP contribution in [0.1, 0.15) is 0 Å². The van der Waals surface area contributed by atoms with Crippen LogP contribution in [0.4, 0.5) is 0 Å². The molecule has 0 bridgehead atoms. The molecule has 0 amide bonds. The van der Waals surface area contributed by atoms with Crippen LogP contribution in [0, 0.1) is 0 Å². The summed E-state index contributed by atoms with van der Waals surface area (Å²) in [5.41, 5.74) is 0. The third-order valence-corrected chi connectivity index (χ3v) is 1.74. The van der Waals surface area contributed by atoms with Gasteiger partial charge in [-0.1, -0.05) is 36.0 Å². The van der Waals surface area contributed by atoms with E-state index in [9.17, 15) is 0 Å². The van der Waals surface area contributed by atoms with Crippen molar-refractivity contribution in [2.45, 2.75) is 5.03 Å². The van der Waals surface area contributed by atoms with Gasteiger partial charge >= 0.3 is 0 Å². The molecule has 0 N–H and O–H groups in total. The monoisotopic (exact) mass is 171 g/mol. The molecule has 52 valence electrons. The van der Waals surface area contributed by atoms with Crippen LogP contribution in [0.3, 0.4) is 0 Å². The van der Waals surface area contributed by atoms with Gasteiger partial charge in [-0.05, 0) is 17.5 Å². The summed E-state index contributed by atoms with van der Waals surface area (Å²) >= 11 is 7.08. The van der Waals surface area contributed by atoms with Crippen molar-refractivity contribution >= 4 is 23.4 Å². The summed E-state index contributed by atoms with van der Waals surface area (Å²) in [5, 5.41) is 3.12. The molecule has 3 heteroatoms. The highest BCUT2D eigenvalue weighted by atomic mass is 35.5. The van der Waals surface area contributed by atoms with E-state index >= 15 is 0 Å². The third kappa shape index (κ3) is 2.05. The number of hydrogen-bond donors (Lipinski definition) is 0. The molecule has 1 aromatic heterocycles. The van der Waals surface area contributed by atoms with Gasteiger partial charge in [0, 0.05) is 0 Å². The minimum Gasteiger partial charge on any atom is -0.229 e. The second-order valence-electron chi connectivity index (χ2n) is 1.58. The highest BCUT2D eigenvalue weighted by molar-refractivity contribution is 8.02. The van der Waals surface area contributed by atoms with Crippen LogP contribution in [0.25, 0.3) is 0 Å². The maximum Gasteiger partial charge on any atom is 0.130 e. The number of aromatic nitrogens is 1. The van der Waals surface area contributed by atoms with E-state index in [4.69, 9.17) is 11.6 Å². The maximum absolute atomic E-state index is 5.62. The lowest BCUT2D eigenvalue weighted by Crippen LogP contribution is -1.75. The van der Waals surface area contributed by atoms with Crippen molar-refractivity contribution in [2.24, 2.45) is 0 Å². The fraction of sp³-hybridized carbons (Fsp3) is 0. The molecule has 0 aliphatic rings. The van der Waals surface area contributed by atoms with Gasteiger partial charge in [0.1, 0.15) is 10.2 Å². The SMILES string of the molecule is C=CSc1cccc(Cl)n1. The lowest BCUT2D eigenvalue weighted by atomic mass is 10.5. The van der Waals surface area contributed by atoms with Crippen LogP contribution in [0.2, 0.25) is 5.15 Å². The van der Waals surface area contributed by atoms with Crippen molar-refractivity contribution in [3.8, 4) is 0 Å². The van der Waals surface area contributed by atoms with E-state index in [1.807, 2.05) is 12.1 Å². The smallest absolute Gasteiger partial charge is 0.130 e. The molecule has 0 unspecified atom stereocenters. The number of thioether (sulfide) groups is 1. The molecule has 10 heavy (non-hydrogen) atoms. The molecule has 0 radical (unpaired) electrons. The first-order valence-electron chi connectivity index (χ1n) is 2.73. The quantitative estimate of drug-likeness (QED) is 0.501. The largest absolute Gasteiger partial charge is 0.229 e. The average molecular weight is 172 g/mol. The second-order valence-corrected chi connectivity index (χ2v) is 2.96. The zero-order valence-corrected chi connectivity index (χ0v) is 6.82. The molecule has 0 aromatic carbocycles. The Hall–Kier alpha value is -0.470. The Labute approximate surface area is 69.1 Å². The van der Waals surface area contributed by atoms with Crippen LogP contribution in [0.15, 0.2) is 35.2 Å². The highest BCUT2D eigenvalue weighted by Gasteiger charge is 1.91. The number of pyridine rings is 1. The van der Waals surface area contributed by atoms with Crippen LogP contribution >= 0.6 is 23.4 Å². The Morgan fingerprint density at radius 3 is 3.00 bits per heavy atom. The Balaban J connectivity index is 2.84. The summed E-state index contributed by atoms with van der Waals surface area (Å²) < 4.78 is 0. The normalized spacial score (nSPS) is 9.30. The van der Waals surface area contributed by atoms with Gasteiger partial charge in [-0.3, -0.25) is 0 Å². The number of halogens is 1. The summed E-state index contributed by atoms with van der Waals surface area (Å²) in [4.78, 5) is 4.02. The first-order chi connectivity index (χ1) is 4.83. The standard InChI is InChI=1S/C7H6ClNS/c1-2-10-7-5-3-4-6(8)9-7/h2-5H,1H2. The van der Waals surface area contributed by atoms with Crippen molar-refractivity contribution in [3.05, 3.63) is 35.3 Å². The van der Waals surface area contributed by atoms with Gasteiger partial charge in [0.25, 0.3) is 0 Å². The van der Waals surface area contributed by atoms with Crippen LogP contribution in [-0.2, 0) is 0 Å². The van der Waals surface area contributed by atoms with Gasteiger partial charge in [-0.2, -0.15) is 0 Å². The zero-order valence-electron chi connectivity index (χ0n) is 5.25. The van der Waals surface area contributed by atoms with Crippen molar-refractivity contribution < 1.29 is 0 Å². The Kier molecular flexibility index (Phi) is 2.78. The topological polar surface area (TPSA) is 12.9 Å². The fourth-order valence-electron chi connectivity index (χ4n) is 0.541. The number of rotatable bonds is 2. The lowest BCUT2D eigenvalue weighted by Gasteiger charge is -1.93. The van der Waals surface area contributed by atoms with E-state index in [0.717, 1.165) is 5.03 Å². The fourth-order valence-corrected chi connectivity index (χ4v) is 1.23. The first kappa shape index (κ1) is 7.63. The van der Waals surface area contributed by atoms with E-state index in [1.54, 1.807) is 11.5 Å². The Morgan fingerprint density at radius 2 is 2.40 bits per heavy atom. The maximum atomic E-state index is 5.62. The molecule has 1 nitrogen and oxygen atoms in total. The van der Waals surface area contributed by atoms with Gasteiger partial charge in [0.15, 0.2) is 0 Å². The van der Waals surface area contributed by atoms with E-state index in [1.165, 1.54) is 11.8 Å². The molecule has 0 saturated heterocycles. The Morgan fingerprint density at radius 1 is 1.60 bits per heavy atom. The first-order valence-corrected chi connectivity index (χ1v) is 3.99. The number of nitrogens with zero attached hydrogens (tertiary/aromatic N) is 1. The van der Waals surface area contributed by atoms with Crippen molar-refractivity contribution in [3.63, 3.8) is 0 Å². The van der Waals surface area contributed by atoms with Gasteiger partial charge in [-0.15, -0.1) is 0 Å². The Bertz CT molecular complexity index is 237. The van der Waals surface area contributed by atoms with Gasteiger partial charge in [0.2, 0.25) is 0 Å². The minimum absolute atomic E-state index is 0.520. The second kappa shape index (κ2) is 3.64. The molecule has 0 aliphatic heterocycles. The molecule has 1 aromatic rings. The van der Waals surface area contributed by atoms with Crippen molar-refractivity contribution in [1.82, 2.24) is 4.98 Å². The van der Waals surface area contributed by atoms with E-state index < -0.39 is 0 Å².